The zero-order chi connectivity index (χ0) is 16.9. The van der Waals surface area contributed by atoms with Gasteiger partial charge in [-0.25, -0.2) is 9.97 Å². The van der Waals surface area contributed by atoms with Gasteiger partial charge in [-0.05, 0) is 43.9 Å². The van der Waals surface area contributed by atoms with Gasteiger partial charge in [0.1, 0.15) is 17.3 Å². The minimum absolute atomic E-state index is 0.114. The van der Waals surface area contributed by atoms with Gasteiger partial charge in [0.25, 0.3) is 5.91 Å². The van der Waals surface area contributed by atoms with Gasteiger partial charge < -0.3 is 10.6 Å². The molecule has 24 heavy (non-hydrogen) atoms. The zero-order valence-electron chi connectivity index (χ0n) is 14.3. The van der Waals surface area contributed by atoms with Gasteiger partial charge in [0, 0.05) is 17.8 Å². The van der Waals surface area contributed by atoms with Crippen LogP contribution < -0.4 is 10.6 Å². The average Bonchev–Trinajstić information content (AvgIpc) is 3.08. The van der Waals surface area contributed by atoms with Crippen molar-refractivity contribution < 1.29 is 4.79 Å². The first kappa shape index (κ1) is 16.4. The number of amides is 1. The molecule has 0 aliphatic heterocycles. The summed E-state index contributed by atoms with van der Waals surface area (Å²) >= 11 is 0. The number of benzene rings is 1. The molecular weight excluding hydrogens is 300 g/mol. The molecule has 2 aromatic rings. The van der Waals surface area contributed by atoms with Crippen LogP contribution in [0.2, 0.25) is 0 Å². The van der Waals surface area contributed by atoms with Gasteiger partial charge in [0.2, 0.25) is 0 Å². The third kappa shape index (κ3) is 4.10. The van der Waals surface area contributed by atoms with Crippen LogP contribution in [0, 0.1) is 6.92 Å². The van der Waals surface area contributed by atoms with Crippen LogP contribution in [0.25, 0.3) is 0 Å². The lowest BCUT2D eigenvalue weighted by Crippen LogP contribution is -2.33. The molecule has 0 atom stereocenters. The molecule has 5 nitrogen and oxygen atoms in total. The standard InChI is InChI=1S/C19H24N4O/c1-3-14-8-10-16(11-9-14)22-18-12-17(20-13(2)21-18)19(24)23-15-6-4-5-7-15/h8-12,15H,3-7H2,1-2H3,(H,23,24)(H,20,21,22). The van der Waals surface area contributed by atoms with E-state index in [0.717, 1.165) is 24.9 Å². The second kappa shape index (κ2) is 7.43. The van der Waals surface area contributed by atoms with E-state index in [1.54, 1.807) is 13.0 Å². The summed E-state index contributed by atoms with van der Waals surface area (Å²) in [5.74, 6) is 1.11. The number of hydrogen-bond acceptors (Lipinski definition) is 4. The lowest BCUT2D eigenvalue weighted by Gasteiger charge is -2.13. The summed E-state index contributed by atoms with van der Waals surface area (Å²) in [5, 5.41) is 6.33. The van der Waals surface area contributed by atoms with Crippen molar-refractivity contribution in [2.75, 3.05) is 5.32 Å². The quantitative estimate of drug-likeness (QED) is 0.879. The van der Waals surface area contributed by atoms with Crippen molar-refractivity contribution >= 4 is 17.4 Å². The van der Waals surface area contributed by atoms with Crippen LogP contribution in [0.4, 0.5) is 11.5 Å². The van der Waals surface area contributed by atoms with Crippen molar-refractivity contribution in [3.63, 3.8) is 0 Å². The number of nitrogens with zero attached hydrogens (tertiary/aromatic N) is 2. The van der Waals surface area contributed by atoms with Crippen LogP contribution in [-0.4, -0.2) is 21.9 Å². The van der Waals surface area contributed by atoms with E-state index in [1.165, 1.54) is 18.4 Å². The predicted molar refractivity (Wildman–Crippen MR) is 95.6 cm³/mol. The van der Waals surface area contributed by atoms with Crippen molar-refractivity contribution in [2.24, 2.45) is 0 Å². The molecule has 126 valence electrons. The molecule has 1 aliphatic carbocycles. The van der Waals surface area contributed by atoms with Gasteiger partial charge >= 0.3 is 0 Å². The summed E-state index contributed by atoms with van der Waals surface area (Å²) in [6, 6.07) is 10.2. The smallest absolute Gasteiger partial charge is 0.270 e. The average molecular weight is 324 g/mol. The highest BCUT2D eigenvalue weighted by atomic mass is 16.1. The SMILES string of the molecule is CCc1ccc(Nc2cc(C(=O)NC3CCCC3)nc(C)n2)cc1. The third-order valence-electron chi connectivity index (χ3n) is 4.40. The Morgan fingerprint density at radius 2 is 1.88 bits per heavy atom. The number of aryl methyl sites for hydroxylation is 2. The largest absolute Gasteiger partial charge is 0.348 e. The zero-order valence-corrected chi connectivity index (χ0v) is 14.3. The molecule has 1 aromatic heterocycles. The number of nitrogens with one attached hydrogen (secondary N) is 2. The van der Waals surface area contributed by atoms with E-state index in [4.69, 9.17) is 0 Å². The van der Waals surface area contributed by atoms with Crippen LogP contribution in [-0.2, 0) is 6.42 Å². The molecule has 2 N–H and O–H groups in total. The molecule has 0 unspecified atom stereocenters. The number of carbonyl (C=O) groups excluding carboxylic acids is 1. The van der Waals surface area contributed by atoms with E-state index < -0.39 is 0 Å². The molecule has 0 saturated heterocycles. The van der Waals surface area contributed by atoms with Crippen molar-refractivity contribution in [1.29, 1.82) is 0 Å². The van der Waals surface area contributed by atoms with Crippen LogP contribution in [0.3, 0.4) is 0 Å². The van der Waals surface area contributed by atoms with Crippen LogP contribution >= 0.6 is 0 Å². The Bertz CT molecular complexity index is 706. The van der Waals surface area contributed by atoms with Gasteiger partial charge in [-0.3, -0.25) is 4.79 Å². The monoisotopic (exact) mass is 324 g/mol. The summed E-state index contributed by atoms with van der Waals surface area (Å²) in [7, 11) is 0. The Balaban J connectivity index is 1.73. The van der Waals surface area contributed by atoms with Gasteiger partial charge in [0.15, 0.2) is 0 Å². The van der Waals surface area contributed by atoms with Crippen LogP contribution in [0.5, 0.6) is 0 Å². The van der Waals surface area contributed by atoms with E-state index in [-0.39, 0.29) is 11.9 Å². The van der Waals surface area contributed by atoms with Gasteiger partial charge in [-0.2, -0.15) is 0 Å². The Labute approximate surface area is 142 Å². The summed E-state index contributed by atoms with van der Waals surface area (Å²) < 4.78 is 0. The fraction of sp³-hybridized carbons (Fsp3) is 0.421. The van der Waals surface area contributed by atoms with Gasteiger partial charge in [-0.15, -0.1) is 0 Å². The minimum atomic E-state index is -0.114. The molecule has 1 aliphatic rings. The highest BCUT2D eigenvalue weighted by Gasteiger charge is 2.19. The summed E-state index contributed by atoms with van der Waals surface area (Å²) in [4.78, 5) is 21.1. The van der Waals surface area contributed by atoms with E-state index >= 15 is 0 Å². The lowest BCUT2D eigenvalue weighted by atomic mass is 10.1. The maximum Gasteiger partial charge on any atom is 0.270 e. The van der Waals surface area contributed by atoms with E-state index in [2.05, 4.69) is 39.7 Å². The summed E-state index contributed by atoms with van der Waals surface area (Å²) in [5.41, 5.74) is 2.66. The number of carbonyl (C=O) groups is 1. The number of aromatic nitrogens is 2. The molecule has 1 aromatic carbocycles. The Kier molecular flexibility index (Phi) is 5.08. The first-order valence-corrected chi connectivity index (χ1v) is 8.66. The van der Waals surface area contributed by atoms with Gasteiger partial charge in [-0.1, -0.05) is 31.9 Å². The van der Waals surface area contributed by atoms with Crippen LogP contribution in [0.1, 0.15) is 54.5 Å². The molecule has 3 rings (SSSR count). The Morgan fingerprint density at radius 1 is 1.17 bits per heavy atom. The topological polar surface area (TPSA) is 66.9 Å². The summed E-state index contributed by atoms with van der Waals surface area (Å²) in [6.07, 6.45) is 5.51. The lowest BCUT2D eigenvalue weighted by molar-refractivity contribution is 0.0932. The van der Waals surface area contributed by atoms with Gasteiger partial charge in [0.05, 0.1) is 0 Å². The highest BCUT2D eigenvalue weighted by molar-refractivity contribution is 5.93. The maximum absolute atomic E-state index is 12.4. The minimum Gasteiger partial charge on any atom is -0.348 e. The molecule has 1 saturated carbocycles. The fourth-order valence-electron chi connectivity index (χ4n) is 3.05. The number of hydrogen-bond donors (Lipinski definition) is 2. The fourth-order valence-corrected chi connectivity index (χ4v) is 3.05. The first-order chi connectivity index (χ1) is 11.6. The Morgan fingerprint density at radius 3 is 2.54 bits per heavy atom. The molecule has 1 heterocycles. The Hall–Kier alpha value is -2.43. The molecule has 5 heteroatoms. The van der Waals surface area contributed by atoms with Crippen molar-refractivity contribution in [1.82, 2.24) is 15.3 Å². The number of anilines is 2. The van der Waals surface area contributed by atoms with E-state index in [0.29, 0.717) is 17.3 Å². The van der Waals surface area contributed by atoms with Crippen molar-refractivity contribution in [3.8, 4) is 0 Å². The van der Waals surface area contributed by atoms with Crippen LogP contribution in [0.15, 0.2) is 30.3 Å². The number of rotatable bonds is 5. The second-order valence-corrected chi connectivity index (χ2v) is 6.32. The van der Waals surface area contributed by atoms with Crippen molar-refractivity contribution in [2.45, 2.75) is 52.0 Å². The first-order valence-electron chi connectivity index (χ1n) is 8.66. The molecule has 1 fully saturated rings. The predicted octanol–water partition coefficient (Wildman–Crippen LogP) is 3.76. The maximum atomic E-state index is 12.4. The molecule has 0 bridgehead atoms. The third-order valence-corrected chi connectivity index (χ3v) is 4.40. The normalized spacial score (nSPS) is 14.6. The van der Waals surface area contributed by atoms with E-state index in [1.807, 2.05) is 12.1 Å². The molecule has 1 amide bonds. The van der Waals surface area contributed by atoms with Crippen molar-refractivity contribution in [3.05, 3.63) is 47.4 Å². The van der Waals surface area contributed by atoms with E-state index in [9.17, 15) is 4.79 Å². The highest BCUT2D eigenvalue weighted by Crippen LogP contribution is 2.19. The molecule has 0 radical (unpaired) electrons. The molecular formula is C19H24N4O. The second-order valence-electron chi connectivity index (χ2n) is 6.32. The summed E-state index contributed by atoms with van der Waals surface area (Å²) in [6.45, 7) is 3.93. The molecule has 0 spiro atoms.